The van der Waals surface area contributed by atoms with Crippen molar-refractivity contribution in [1.29, 1.82) is 0 Å². The molecule has 4 nitrogen and oxygen atoms in total. The largest absolute Gasteiger partial charge is 0.393 e. The highest BCUT2D eigenvalue weighted by Crippen LogP contribution is 2.71. The summed E-state index contributed by atoms with van der Waals surface area (Å²) in [6.07, 6.45) is 7.03. The molecule has 0 bridgehead atoms. The molecule has 0 aromatic carbocycles. The molecule has 2 N–H and O–H groups in total. The first-order valence-corrected chi connectivity index (χ1v) is 10.9. The van der Waals surface area contributed by atoms with Crippen molar-refractivity contribution < 1.29 is 19.7 Å². The first kappa shape index (κ1) is 17.9. The SMILES string of the molecule is C[C@H](O)[C@@H]1CC[C@H]2[C@H]3C[C@H](O)[C@H]4CC5(CC[C@]4(C)[C@@H]3C[C@@]21C)OCCO5. The van der Waals surface area contributed by atoms with Crippen LogP contribution in [0, 0.1) is 40.4 Å². The Kier molecular flexibility index (Phi) is 3.91. The van der Waals surface area contributed by atoms with Gasteiger partial charge in [0.2, 0.25) is 0 Å². The molecule has 5 fully saturated rings. The minimum Gasteiger partial charge on any atom is -0.393 e. The van der Waals surface area contributed by atoms with Crippen LogP contribution >= 0.6 is 0 Å². The molecule has 26 heavy (non-hydrogen) atoms. The number of ether oxygens (including phenoxy) is 2. The molecule has 0 amide bonds. The lowest BCUT2D eigenvalue weighted by Crippen LogP contribution is -2.56. The zero-order valence-corrected chi connectivity index (χ0v) is 16.6. The Balaban J connectivity index is 1.46. The summed E-state index contributed by atoms with van der Waals surface area (Å²) < 4.78 is 12.0. The van der Waals surface area contributed by atoms with Crippen LogP contribution in [-0.2, 0) is 9.47 Å². The molecule has 4 aliphatic carbocycles. The smallest absolute Gasteiger partial charge is 0.168 e. The Morgan fingerprint density at radius 1 is 0.923 bits per heavy atom. The fourth-order valence-electron chi connectivity index (χ4n) is 8.60. The van der Waals surface area contributed by atoms with E-state index in [-0.39, 0.29) is 29.0 Å². The summed E-state index contributed by atoms with van der Waals surface area (Å²) in [7, 11) is 0. The number of aliphatic hydroxyl groups excluding tert-OH is 2. The van der Waals surface area contributed by atoms with E-state index in [1.165, 1.54) is 12.8 Å². The van der Waals surface area contributed by atoms with Gasteiger partial charge in [-0.3, -0.25) is 0 Å². The molecule has 1 spiro atoms. The zero-order chi connectivity index (χ0) is 18.3. The summed E-state index contributed by atoms with van der Waals surface area (Å²) in [6, 6.07) is 0. The Labute approximate surface area is 157 Å². The van der Waals surface area contributed by atoms with Crippen molar-refractivity contribution in [3.8, 4) is 0 Å². The van der Waals surface area contributed by atoms with Crippen molar-refractivity contribution in [1.82, 2.24) is 0 Å². The molecular weight excluding hydrogens is 328 g/mol. The highest BCUT2D eigenvalue weighted by atomic mass is 16.7. The summed E-state index contributed by atoms with van der Waals surface area (Å²) in [6.45, 7) is 8.27. The van der Waals surface area contributed by atoms with Crippen LogP contribution in [0.1, 0.15) is 65.7 Å². The summed E-state index contributed by atoms with van der Waals surface area (Å²) in [5.41, 5.74) is 0.427. The first-order valence-electron chi connectivity index (χ1n) is 10.9. The zero-order valence-electron chi connectivity index (χ0n) is 16.6. The van der Waals surface area contributed by atoms with Gasteiger partial charge in [0.05, 0.1) is 25.4 Å². The second-order valence-corrected chi connectivity index (χ2v) is 10.7. The van der Waals surface area contributed by atoms with Crippen molar-refractivity contribution in [2.24, 2.45) is 40.4 Å². The van der Waals surface area contributed by atoms with E-state index in [1.807, 2.05) is 6.92 Å². The van der Waals surface area contributed by atoms with Crippen LogP contribution in [0.15, 0.2) is 0 Å². The van der Waals surface area contributed by atoms with E-state index < -0.39 is 5.79 Å². The van der Waals surface area contributed by atoms with Crippen LogP contribution in [0.25, 0.3) is 0 Å². The van der Waals surface area contributed by atoms with E-state index in [2.05, 4.69) is 13.8 Å². The van der Waals surface area contributed by atoms with Crippen LogP contribution in [-0.4, -0.2) is 41.4 Å². The fourth-order valence-corrected chi connectivity index (χ4v) is 8.60. The monoisotopic (exact) mass is 364 g/mol. The van der Waals surface area contributed by atoms with E-state index >= 15 is 0 Å². The standard InChI is InChI=1S/C22H36O4/c1-13(23)15-4-5-16-14-10-19(24)18-12-22(25-8-9-26-22)7-6-20(18,2)17(14)11-21(15,16)3/h13-19,23-24H,4-12H2,1-3H3/t13-,14+,15-,16-,17+,18+,19-,20+,21+/m0/s1. The van der Waals surface area contributed by atoms with Crippen LogP contribution in [0.2, 0.25) is 0 Å². The van der Waals surface area contributed by atoms with Gasteiger partial charge in [-0.1, -0.05) is 13.8 Å². The van der Waals surface area contributed by atoms with E-state index in [0.717, 1.165) is 32.1 Å². The summed E-state index contributed by atoms with van der Waals surface area (Å²) >= 11 is 0. The minimum absolute atomic E-state index is 0.180. The van der Waals surface area contributed by atoms with Crippen molar-refractivity contribution in [2.45, 2.75) is 83.7 Å². The molecule has 1 aliphatic heterocycles. The van der Waals surface area contributed by atoms with Gasteiger partial charge in [-0.25, -0.2) is 0 Å². The average molecular weight is 365 g/mol. The van der Waals surface area contributed by atoms with Gasteiger partial charge in [-0.05, 0) is 79.4 Å². The highest BCUT2D eigenvalue weighted by Gasteiger charge is 2.67. The number of fused-ring (bicyclic) bond motifs is 5. The predicted molar refractivity (Wildman–Crippen MR) is 98.3 cm³/mol. The molecule has 1 heterocycles. The normalized spacial score (nSPS) is 56.2. The molecule has 0 aromatic heterocycles. The Bertz CT molecular complexity index is 570. The summed E-state index contributed by atoms with van der Waals surface area (Å²) in [5.74, 6) is 2.26. The van der Waals surface area contributed by atoms with Gasteiger partial charge in [-0.15, -0.1) is 0 Å². The molecule has 5 rings (SSSR count). The third-order valence-corrected chi connectivity index (χ3v) is 9.82. The minimum atomic E-state index is -0.418. The van der Waals surface area contributed by atoms with E-state index in [4.69, 9.17) is 9.47 Å². The van der Waals surface area contributed by atoms with Gasteiger partial charge in [0.25, 0.3) is 0 Å². The van der Waals surface area contributed by atoms with Crippen molar-refractivity contribution >= 4 is 0 Å². The van der Waals surface area contributed by atoms with Crippen LogP contribution < -0.4 is 0 Å². The van der Waals surface area contributed by atoms with E-state index in [0.29, 0.717) is 36.9 Å². The Hall–Kier alpha value is -0.160. The molecule has 1 saturated heterocycles. The van der Waals surface area contributed by atoms with E-state index in [1.54, 1.807) is 0 Å². The van der Waals surface area contributed by atoms with Crippen LogP contribution in [0.4, 0.5) is 0 Å². The second-order valence-electron chi connectivity index (χ2n) is 10.7. The quantitative estimate of drug-likeness (QED) is 0.749. The highest BCUT2D eigenvalue weighted by molar-refractivity contribution is 5.15. The predicted octanol–water partition coefficient (Wildman–Crippen LogP) is 3.35. The van der Waals surface area contributed by atoms with Crippen LogP contribution in [0.5, 0.6) is 0 Å². The Morgan fingerprint density at radius 2 is 1.65 bits per heavy atom. The molecule has 0 aromatic rings. The number of rotatable bonds is 1. The molecular formula is C22H36O4. The summed E-state index contributed by atoms with van der Waals surface area (Å²) in [5, 5.41) is 21.6. The second kappa shape index (κ2) is 5.68. The lowest BCUT2D eigenvalue weighted by Gasteiger charge is -2.57. The van der Waals surface area contributed by atoms with Crippen LogP contribution in [0.3, 0.4) is 0 Å². The van der Waals surface area contributed by atoms with Gasteiger partial charge in [0.15, 0.2) is 5.79 Å². The lowest BCUT2D eigenvalue weighted by molar-refractivity contribution is -0.237. The van der Waals surface area contributed by atoms with Gasteiger partial charge >= 0.3 is 0 Å². The number of hydrogen-bond donors (Lipinski definition) is 2. The van der Waals surface area contributed by atoms with Gasteiger partial charge in [-0.2, -0.15) is 0 Å². The molecule has 148 valence electrons. The first-order chi connectivity index (χ1) is 12.3. The molecule has 4 heteroatoms. The average Bonchev–Trinajstić information content (AvgIpc) is 3.24. The maximum atomic E-state index is 11.2. The number of aliphatic hydroxyl groups is 2. The molecule has 9 atom stereocenters. The van der Waals surface area contributed by atoms with Gasteiger partial charge in [0, 0.05) is 12.8 Å². The van der Waals surface area contributed by atoms with E-state index in [9.17, 15) is 10.2 Å². The summed E-state index contributed by atoms with van der Waals surface area (Å²) in [4.78, 5) is 0. The fraction of sp³-hybridized carbons (Fsp3) is 1.00. The third kappa shape index (κ3) is 2.22. The molecule has 4 saturated carbocycles. The lowest BCUT2D eigenvalue weighted by atomic mass is 9.50. The molecule has 0 radical (unpaired) electrons. The maximum absolute atomic E-state index is 11.2. The van der Waals surface area contributed by atoms with Gasteiger partial charge in [0.1, 0.15) is 0 Å². The molecule has 0 unspecified atom stereocenters. The van der Waals surface area contributed by atoms with Crippen molar-refractivity contribution in [3.05, 3.63) is 0 Å². The topological polar surface area (TPSA) is 58.9 Å². The maximum Gasteiger partial charge on any atom is 0.168 e. The van der Waals surface area contributed by atoms with Crippen molar-refractivity contribution in [2.75, 3.05) is 13.2 Å². The Morgan fingerprint density at radius 3 is 2.35 bits per heavy atom. The number of hydrogen-bond acceptors (Lipinski definition) is 4. The molecule has 5 aliphatic rings. The van der Waals surface area contributed by atoms with Gasteiger partial charge < -0.3 is 19.7 Å². The van der Waals surface area contributed by atoms with Crippen molar-refractivity contribution in [3.63, 3.8) is 0 Å². The third-order valence-electron chi connectivity index (χ3n) is 9.82.